The summed E-state index contributed by atoms with van der Waals surface area (Å²) < 4.78 is 5.23. The van der Waals surface area contributed by atoms with E-state index in [-0.39, 0.29) is 11.9 Å². The number of ether oxygens (including phenoxy) is 1. The van der Waals surface area contributed by atoms with Crippen LogP contribution in [0.15, 0.2) is 0 Å². The number of nitrogens with one attached hydrogen (secondary N) is 1. The highest BCUT2D eigenvalue weighted by atomic mass is 16.5. The molecule has 1 amide bonds. The zero-order chi connectivity index (χ0) is 12.4. The van der Waals surface area contributed by atoms with E-state index in [1.54, 1.807) is 0 Å². The van der Waals surface area contributed by atoms with Gasteiger partial charge in [-0.15, -0.1) is 0 Å². The second-order valence-corrected chi connectivity index (χ2v) is 3.74. The molecule has 0 aliphatic heterocycles. The normalized spacial score (nSPS) is 12.5. The molecular formula is C12H26N2O2. The molecule has 0 fully saturated rings. The van der Waals surface area contributed by atoms with Gasteiger partial charge in [0.25, 0.3) is 0 Å². The number of carbonyl (C=O) groups is 1. The molecule has 1 N–H and O–H groups in total. The summed E-state index contributed by atoms with van der Waals surface area (Å²) in [6.45, 7) is 11.8. The predicted octanol–water partition coefficient (Wildman–Crippen LogP) is 1.26. The molecule has 0 radical (unpaired) electrons. The number of hydrogen-bond donors (Lipinski definition) is 1. The van der Waals surface area contributed by atoms with Crippen LogP contribution in [0.3, 0.4) is 0 Å². The fourth-order valence-corrected chi connectivity index (χ4v) is 1.53. The Balaban J connectivity index is 3.70. The monoisotopic (exact) mass is 230 g/mol. The maximum absolute atomic E-state index is 11.9. The fraction of sp³-hybridized carbons (Fsp3) is 0.917. The molecule has 96 valence electrons. The summed E-state index contributed by atoms with van der Waals surface area (Å²) in [6.07, 6.45) is 0.948. The zero-order valence-electron chi connectivity index (χ0n) is 11.1. The van der Waals surface area contributed by atoms with Crippen LogP contribution in [0.1, 0.15) is 34.1 Å². The SMILES string of the molecule is CCOCCCNC(C)C(=O)N(CC)CC. The average Bonchev–Trinajstić information content (AvgIpc) is 2.30. The Morgan fingerprint density at radius 1 is 1.31 bits per heavy atom. The topological polar surface area (TPSA) is 41.6 Å². The summed E-state index contributed by atoms with van der Waals surface area (Å²) in [7, 11) is 0. The van der Waals surface area contributed by atoms with Gasteiger partial charge in [-0.3, -0.25) is 4.79 Å². The van der Waals surface area contributed by atoms with Gasteiger partial charge in [0.1, 0.15) is 0 Å². The van der Waals surface area contributed by atoms with Crippen LogP contribution in [-0.2, 0) is 9.53 Å². The van der Waals surface area contributed by atoms with E-state index in [1.165, 1.54) is 0 Å². The molecule has 0 aromatic heterocycles. The summed E-state index contributed by atoms with van der Waals surface area (Å²) >= 11 is 0. The molecule has 0 heterocycles. The smallest absolute Gasteiger partial charge is 0.239 e. The minimum absolute atomic E-state index is 0.0958. The Bertz CT molecular complexity index is 182. The third-order valence-corrected chi connectivity index (χ3v) is 2.57. The molecule has 1 atom stereocenters. The lowest BCUT2D eigenvalue weighted by atomic mass is 10.2. The van der Waals surface area contributed by atoms with E-state index in [9.17, 15) is 4.79 Å². The van der Waals surface area contributed by atoms with Gasteiger partial charge >= 0.3 is 0 Å². The molecule has 0 rings (SSSR count). The first-order chi connectivity index (χ1) is 7.67. The molecule has 0 saturated carbocycles. The predicted molar refractivity (Wildman–Crippen MR) is 66.5 cm³/mol. The highest BCUT2D eigenvalue weighted by molar-refractivity contribution is 5.81. The van der Waals surface area contributed by atoms with Crippen molar-refractivity contribution in [1.82, 2.24) is 10.2 Å². The Hall–Kier alpha value is -0.610. The molecule has 0 aliphatic carbocycles. The van der Waals surface area contributed by atoms with E-state index < -0.39 is 0 Å². The van der Waals surface area contributed by atoms with Crippen LogP contribution < -0.4 is 5.32 Å². The molecule has 0 bridgehead atoms. The molecule has 0 aromatic carbocycles. The Morgan fingerprint density at radius 3 is 2.44 bits per heavy atom. The quantitative estimate of drug-likeness (QED) is 0.606. The standard InChI is InChI=1S/C12H26N2O2/c1-5-14(6-2)12(15)11(4)13-9-8-10-16-7-3/h11,13H,5-10H2,1-4H3. The molecule has 16 heavy (non-hydrogen) atoms. The van der Waals surface area contributed by atoms with Crippen molar-refractivity contribution in [2.24, 2.45) is 0 Å². The molecule has 0 aliphatic rings. The van der Waals surface area contributed by atoms with Crippen LogP contribution >= 0.6 is 0 Å². The van der Waals surface area contributed by atoms with Gasteiger partial charge in [-0.2, -0.15) is 0 Å². The first kappa shape index (κ1) is 15.4. The van der Waals surface area contributed by atoms with Gasteiger partial charge in [0, 0.05) is 26.3 Å². The molecule has 0 saturated heterocycles. The second kappa shape index (κ2) is 9.60. The summed E-state index contributed by atoms with van der Waals surface area (Å²) in [5, 5.41) is 3.22. The highest BCUT2D eigenvalue weighted by Crippen LogP contribution is 1.95. The lowest BCUT2D eigenvalue weighted by molar-refractivity contribution is -0.132. The zero-order valence-corrected chi connectivity index (χ0v) is 11.1. The number of rotatable bonds is 9. The van der Waals surface area contributed by atoms with E-state index in [4.69, 9.17) is 4.74 Å². The van der Waals surface area contributed by atoms with Crippen molar-refractivity contribution in [3.05, 3.63) is 0 Å². The van der Waals surface area contributed by atoms with Gasteiger partial charge in [0.05, 0.1) is 6.04 Å². The molecule has 4 heteroatoms. The fourth-order valence-electron chi connectivity index (χ4n) is 1.53. The van der Waals surface area contributed by atoms with Crippen LogP contribution in [0.2, 0.25) is 0 Å². The number of amides is 1. The maximum atomic E-state index is 11.9. The van der Waals surface area contributed by atoms with Gasteiger partial charge in [-0.1, -0.05) is 0 Å². The van der Waals surface area contributed by atoms with Crippen LogP contribution in [0.4, 0.5) is 0 Å². The summed E-state index contributed by atoms with van der Waals surface area (Å²) in [4.78, 5) is 13.7. The highest BCUT2D eigenvalue weighted by Gasteiger charge is 2.16. The van der Waals surface area contributed by atoms with Crippen molar-refractivity contribution in [2.45, 2.75) is 40.2 Å². The van der Waals surface area contributed by atoms with Gasteiger partial charge in [-0.25, -0.2) is 0 Å². The van der Waals surface area contributed by atoms with Crippen molar-refractivity contribution in [1.29, 1.82) is 0 Å². The molecular weight excluding hydrogens is 204 g/mol. The third kappa shape index (κ3) is 6.08. The Morgan fingerprint density at radius 2 is 1.94 bits per heavy atom. The van der Waals surface area contributed by atoms with Crippen LogP contribution in [0.25, 0.3) is 0 Å². The van der Waals surface area contributed by atoms with E-state index in [0.717, 1.165) is 39.3 Å². The molecule has 0 spiro atoms. The molecule has 0 aromatic rings. The van der Waals surface area contributed by atoms with E-state index in [2.05, 4.69) is 5.32 Å². The third-order valence-electron chi connectivity index (χ3n) is 2.57. The summed E-state index contributed by atoms with van der Waals surface area (Å²) in [5.41, 5.74) is 0. The minimum Gasteiger partial charge on any atom is -0.382 e. The summed E-state index contributed by atoms with van der Waals surface area (Å²) in [5.74, 6) is 0.182. The average molecular weight is 230 g/mol. The number of carbonyl (C=O) groups excluding carboxylic acids is 1. The largest absolute Gasteiger partial charge is 0.382 e. The van der Waals surface area contributed by atoms with E-state index >= 15 is 0 Å². The lowest BCUT2D eigenvalue weighted by Gasteiger charge is -2.23. The van der Waals surface area contributed by atoms with Gasteiger partial charge in [0.2, 0.25) is 5.91 Å². The van der Waals surface area contributed by atoms with Crippen molar-refractivity contribution in [3.63, 3.8) is 0 Å². The van der Waals surface area contributed by atoms with Crippen molar-refractivity contribution < 1.29 is 9.53 Å². The number of nitrogens with zero attached hydrogens (tertiary/aromatic N) is 1. The summed E-state index contributed by atoms with van der Waals surface area (Å²) in [6, 6.07) is -0.0958. The van der Waals surface area contributed by atoms with Crippen molar-refractivity contribution in [3.8, 4) is 0 Å². The number of likely N-dealkylation sites (N-methyl/N-ethyl adjacent to an activating group) is 1. The maximum Gasteiger partial charge on any atom is 0.239 e. The Kier molecular flexibility index (Phi) is 9.24. The first-order valence-electron chi connectivity index (χ1n) is 6.27. The molecule has 1 unspecified atom stereocenters. The van der Waals surface area contributed by atoms with Gasteiger partial charge in [0.15, 0.2) is 0 Å². The van der Waals surface area contributed by atoms with Crippen LogP contribution in [0, 0.1) is 0 Å². The van der Waals surface area contributed by atoms with Crippen molar-refractivity contribution in [2.75, 3.05) is 32.8 Å². The van der Waals surface area contributed by atoms with Gasteiger partial charge in [-0.05, 0) is 40.7 Å². The van der Waals surface area contributed by atoms with Crippen LogP contribution in [0.5, 0.6) is 0 Å². The number of hydrogen-bond acceptors (Lipinski definition) is 3. The minimum atomic E-state index is -0.0958. The van der Waals surface area contributed by atoms with Crippen molar-refractivity contribution >= 4 is 5.91 Å². The molecule has 4 nitrogen and oxygen atoms in total. The first-order valence-corrected chi connectivity index (χ1v) is 6.27. The second-order valence-electron chi connectivity index (χ2n) is 3.74. The van der Waals surface area contributed by atoms with Crippen LogP contribution in [-0.4, -0.2) is 49.7 Å². The van der Waals surface area contributed by atoms with Gasteiger partial charge < -0.3 is 15.0 Å². The van der Waals surface area contributed by atoms with E-state index in [0.29, 0.717) is 0 Å². The Labute approximate surface area is 99.3 Å². The lowest BCUT2D eigenvalue weighted by Crippen LogP contribution is -2.45. The van der Waals surface area contributed by atoms with E-state index in [1.807, 2.05) is 32.6 Å².